The Morgan fingerprint density at radius 3 is 2.44 bits per heavy atom. The summed E-state index contributed by atoms with van der Waals surface area (Å²) in [6, 6.07) is -0.930. The standard InChI is InChI=1S/C11H19F3N2O2/c1-10(2,3)18-9(17)16-8-4-5-15-6-7(8)11(12,13)14/h7-8,15H,4-6H2,1-3H3,(H,16,17)/t7-,8-/m0/s1. The molecule has 1 fully saturated rings. The number of ether oxygens (including phenoxy) is 1. The van der Waals surface area contributed by atoms with E-state index in [1.165, 1.54) is 0 Å². The number of hydrogen-bond donors (Lipinski definition) is 2. The maximum Gasteiger partial charge on any atom is 0.407 e. The first-order chi connectivity index (χ1) is 8.09. The molecule has 18 heavy (non-hydrogen) atoms. The van der Waals surface area contributed by atoms with Crippen molar-refractivity contribution in [1.29, 1.82) is 0 Å². The molecule has 0 bridgehead atoms. The predicted molar refractivity (Wildman–Crippen MR) is 60.2 cm³/mol. The van der Waals surface area contributed by atoms with Gasteiger partial charge in [-0.25, -0.2) is 4.79 Å². The zero-order valence-corrected chi connectivity index (χ0v) is 10.7. The van der Waals surface area contributed by atoms with Crippen molar-refractivity contribution < 1.29 is 22.7 Å². The average molecular weight is 268 g/mol. The van der Waals surface area contributed by atoms with E-state index < -0.39 is 29.8 Å². The third kappa shape index (κ3) is 4.72. The number of alkyl carbamates (subject to hydrolysis) is 1. The van der Waals surface area contributed by atoms with Crippen molar-refractivity contribution in [2.45, 2.75) is 45.0 Å². The number of rotatable bonds is 1. The Hall–Kier alpha value is -0.980. The second-order valence-electron chi connectivity index (χ2n) is 5.39. The molecule has 1 aliphatic rings. The average Bonchev–Trinajstić information content (AvgIpc) is 2.13. The Balaban J connectivity index is 2.60. The maximum atomic E-state index is 12.7. The van der Waals surface area contributed by atoms with Crippen LogP contribution in [0.4, 0.5) is 18.0 Å². The van der Waals surface area contributed by atoms with E-state index in [1.807, 2.05) is 0 Å². The van der Waals surface area contributed by atoms with Crippen molar-refractivity contribution >= 4 is 6.09 Å². The molecule has 2 N–H and O–H groups in total. The number of nitrogens with one attached hydrogen (secondary N) is 2. The van der Waals surface area contributed by atoms with Gasteiger partial charge in [0.1, 0.15) is 5.60 Å². The summed E-state index contributed by atoms with van der Waals surface area (Å²) in [5.74, 6) is -1.57. The lowest BCUT2D eigenvalue weighted by atomic mass is 9.93. The Bertz CT molecular complexity index is 300. The third-order valence-electron chi connectivity index (χ3n) is 2.60. The van der Waals surface area contributed by atoms with Crippen molar-refractivity contribution in [2.24, 2.45) is 5.92 Å². The van der Waals surface area contributed by atoms with Crippen molar-refractivity contribution in [1.82, 2.24) is 10.6 Å². The van der Waals surface area contributed by atoms with Crippen molar-refractivity contribution in [3.8, 4) is 0 Å². The quantitative estimate of drug-likeness (QED) is 0.765. The molecular formula is C11H19F3N2O2. The van der Waals surface area contributed by atoms with E-state index in [9.17, 15) is 18.0 Å². The molecule has 4 nitrogen and oxygen atoms in total. The highest BCUT2D eigenvalue weighted by atomic mass is 19.4. The lowest BCUT2D eigenvalue weighted by Crippen LogP contribution is -2.55. The second kappa shape index (κ2) is 5.34. The summed E-state index contributed by atoms with van der Waals surface area (Å²) in [7, 11) is 0. The molecule has 1 amide bonds. The lowest BCUT2D eigenvalue weighted by molar-refractivity contribution is -0.184. The summed E-state index contributed by atoms with van der Waals surface area (Å²) in [5, 5.41) is 4.99. The topological polar surface area (TPSA) is 50.4 Å². The zero-order valence-electron chi connectivity index (χ0n) is 10.7. The molecule has 0 spiro atoms. The van der Waals surface area contributed by atoms with Crippen LogP contribution in [0.25, 0.3) is 0 Å². The Kier molecular flexibility index (Phi) is 4.47. The van der Waals surface area contributed by atoms with Crippen LogP contribution in [0.2, 0.25) is 0 Å². The normalized spacial score (nSPS) is 25.7. The number of carbonyl (C=O) groups excluding carboxylic acids is 1. The molecule has 0 aromatic heterocycles. The smallest absolute Gasteiger partial charge is 0.407 e. The van der Waals surface area contributed by atoms with Gasteiger partial charge in [0.15, 0.2) is 0 Å². The minimum absolute atomic E-state index is 0.177. The minimum atomic E-state index is -4.33. The van der Waals surface area contributed by atoms with Gasteiger partial charge < -0.3 is 15.4 Å². The van der Waals surface area contributed by atoms with Crippen LogP contribution in [0.15, 0.2) is 0 Å². The molecule has 2 atom stereocenters. The van der Waals surface area contributed by atoms with Gasteiger partial charge in [0.05, 0.1) is 5.92 Å². The molecule has 1 rings (SSSR count). The molecule has 0 aromatic rings. The van der Waals surface area contributed by atoms with E-state index in [-0.39, 0.29) is 13.0 Å². The molecule has 7 heteroatoms. The van der Waals surface area contributed by atoms with Crippen LogP contribution in [0.5, 0.6) is 0 Å². The highest BCUT2D eigenvalue weighted by molar-refractivity contribution is 5.68. The molecule has 1 saturated heterocycles. The van der Waals surface area contributed by atoms with E-state index in [4.69, 9.17) is 4.74 Å². The maximum absolute atomic E-state index is 12.7. The van der Waals surface area contributed by atoms with Crippen LogP contribution in [-0.4, -0.2) is 37.0 Å². The molecule has 0 radical (unpaired) electrons. The van der Waals surface area contributed by atoms with Crippen molar-refractivity contribution in [3.05, 3.63) is 0 Å². The number of alkyl halides is 3. The first-order valence-electron chi connectivity index (χ1n) is 5.86. The van der Waals surface area contributed by atoms with Crippen LogP contribution in [0, 0.1) is 5.92 Å². The van der Waals surface area contributed by atoms with Gasteiger partial charge in [0, 0.05) is 12.6 Å². The van der Waals surface area contributed by atoms with E-state index in [1.54, 1.807) is 20.8 Å². The van der Waals surface area contributed by atoms with Gasteiger partial charge in [0.25, 0.3) is 0 Å². The molecule has 1 heterocycles. The Labute approximate surface area is 104 Å². The summed E-state index contributed by atoms with van der Waals surface area (Å²) in [6.07, 6.45) is -4.89. The Morgan fingerprint density at radius 1 is 1.33 bits per heavy atom. The fraction of sp³-hybridized carbons (Fsp3) is 0.909. The summed E-state index contributed by atoms with van der Waals surface area (Å²) >= 11 is 0. The molecule has 0 aliphatic carbocycles. The summed E-state index contributed by atoms with van der Waals surface area (Å²) in [5.41, 5.74) is -0.718. The summed E-state index contributed by atoms with van der Waals surface area (Å²) < 4.78 is 43.2. The zero-order chi connectivity index (χ0) is 14.0. The first kappa shape index (κ1) is 15.1. The summed E-state index contributed by atoms with van der Waals surface area (Å²) in [4.78, 5) is 11.5. The highest BCUT2D eigenvalue weighted by Gasteiger charge is 2.46. The predicted octanol–water partition coefficient (Wildman–Crippen LogP) is 2.05. The molecule has 0 aromatic carbocycles. The van der Waals surface area contributed by atoms with E-state index >= 15 is 0 Å². The first-order valence-corrected chi connectivity index (χ1v) is 5.86. The van der Waals surface area contributed by atoms with Crippen molar-refractivity contribution in [3.63, 3.8) is 0 Å². The number of amides is 1. The van der Waals surface area contributed by atoms with E-state index in [0.29, 0.717) is 6.54 Å². The van der Waals surface area contributed by atoms with E-state index in [2.05, 4.69) is 10.6 Å². The van der Waals surface area contributed by atoms with Gasteiger partial charge in [0.2, 0.25) is 0 Å². The van der Waals surface area contributed by atoms with Gasteiger partial charge in [-0.3, -0.25) is 0 Å². The monoisotopic (exact) mass is 268 g/mol. The number of carbonyl (C=O) groups is 1. The van der Waals surface area contributed by atoms with Crippen LogP contribution < -0.4 is 10.6 Å². The van der Waals surface area contributed by atoms with Gasteiger partial charge in [-0.15, -0.1) is 0 Å². The minimum Gasteiger partial charge on any atom is -0.444 e. The van der Waals surface area contributed by atoms with Crippen LogP contribution in [0.1, 0.15) is 27.2 Å². The van der Waals surface area contributed by atoms with Gasteiger partial charge >= 0.3 is 12.3 Å². The second-order valence-corrected chi connectivity index (χ2v) is 5.39. The molecule has 0 saturated carbocycles. The number of halogens is 3. The molecule has 1 aliphatic heterocycles. The van der Waals surface area contributed by atoms with Crippen molar-refractivity contribution in [2.75, 3.05) is 13.1 Å². The number of hydrogen-bond acceptors (Lipinski definition) is 3. The molecular weight excluding hydrogens is 249 g/mol. The molecule has 106 valence electrons. The van der Waals surface area contributed by atoms with Gasteiger partial charge in [-0.2, -0.15) is 13.2 Å². The van der Waals surface area contributed by atoms with Crippen LogP contribution in [0.3, 0.4) is 0 Å². The van der Waals surface area contributed by atoms with Gasteiger partial charge in [-0.05, 0) is 33.7 Å². The van der Waals surface area contributed by atoms with Crippen LogP contribution >= 0.6 is 0 Å². The summed E-state index contributed by atoms with van der Waals surface area (Å²) in [6.45, 7) is 5.26. The van der Waals surface area contributed by atoms with Crippen LogP contribution in [-0.2, 0) is 4.74 Å². The number of piperidine rings is 1. The largest absolute Gasteiger partial charge is 0.444 e. The molecule has 0 unspecified atom stereocenters. The Morgan fingerprint density at radius 2 is 1.94 bits per heavy atom. The highest BCUT2D eigenvalue weighted by Crippen LogP contribution is 2.31. The third-order valence-corrected chi connectivity index (χ3v) is 2.60. The lowest BCUT2D eigenvalue weighted by Gasteiger charge is -2.34. The van der Waals surface area contributed by atoms with Gasteiger partial charge in [-0.1, -0.05) is 0 Å². The fourth-order valence-corrected chi connectivity index (χ4v) is 1.83. The fourth-order valence-electron chi connectivity index (χ4n) is 1.83. The SMILES string of the molecule is CC(C)(C)OC(=O)N[C@H]1CCNC[C@@H]1C(F)(F)F. The van der Waals surface area contributed by atoms with E-state index in [0.717, 1.165) is 0 Å².